The highest BCUT2D eigenvalue weighted by molar-refractivity contribution is 5.97. The number of carbonyl (C=O) groups excluding carboxylic acids is 2. The Hall–Kier alpha value is -1.71. The van der Waals surface area contributed by atoms with Gasteiger partial charge in [-0.15, -0.1) is 0 Å². The molecule has 4 heteroatoms. The zero-order valence-electron chi connectivity index (χ0n) is 13.3. The van der Waals surface area contributed by atoms with Gasteiger partial charge in [-0.05, 0) is 42.5 Å². The highest BCUT2D eigenvalue weighted by atomic mass is 19.1. The Bertz CT molecular complexity index is 526. The first-order chi connectivity index (χ1) is 10.5. The van der Waals surface area contributed by atoms with Crippen LogP contribution in [0.3, 0.4) is 0 Å². The number of benzene rings is 1. The van der Waals surface area contributed by atoms with Crippen molar-refractivity contribution >= 4 is 11.7 Å². The van der Waals surface area contributed by atoms with Crippen molar-refractivity contribution in [3.05, 3.63) is 35.6 Å². The predicted octanol–water partition coefficient (Wildman–Crippen LogP) is 3.73. The largest absolute Gasteiger partial charge is 0.353 e. The van der Waals surface area contributed by atoms with E-state index < -0.39 is 0 Å². The minimum absolute atomic E-state index is 0.0681. The fraction of sp³-hybridized carbons (Fsp3) is 0.556. The fourth-order valence-corrected chi connectivity index (χ4v) is 3.07. The molecule has 1 N–H and O–H groups in total. The van der Waals surface area contributed by atoms with Gasteiger partial charge in [0.2, 0.25) is 5.91 Å². The summed E-state index contributed by atoms with van der Waals surface area (Å²) < 4.78 is 12.8. The predicted molar refractivity (Wildman–Crippen MR) is 84.1 cm³/mol. The average molecular weight is 305 g/mol. The van der Waals surface area contributed by atoms with Crippen molar-refractivity contribution in [2.75, 3.05) is 0 Å². The lowest BCUT2D eigenvalue weighted by molar-refractivity contribution is -0.122. The van der Waals surface area contributed by atoms with Crippen molar-refractivity contribution in [1.82, 2.24) is 5.32 Å². The number of hydrogen-bond donors (Lipinski definition) is 1. The number of nitrogens with one attached hydrogen (secondary N) is 1. The maximum absolute atomic E-state index is 12.8. The molecule has 120 valence electrons. The van der Waals surface area contributed by atoms with Crippen molar-refractivity contribution < 1.29 is 14.0 Å². The Morgan fingerprint density at radius 2 is 1.82 bits per heavy atom. The second kappa shape index (κ2) is 7.52. The van der Waals surface area contributed by atoms with E-state index in [2.05, 4.69) is 19.2 Å². The lowest BCUT2D eigenvalue weighted by Gasteiger charge is -2.34. The highest BCUT2D eigenvalue weighted by Gasteiger charge is 2.28. The molecule has 0 unspecified atom stereocenters. The molecule has 0 radical (unpaired) electrons. The quantitative estimate of drug-likeness (QED) is 0.843. The number of carbonyl (C=O) groups is 2. The van der Waals surface area contributed by atoms with Gasteiger partial charge in [0.1, 0.15) is 5.82 Å². The third-order valence-corrected chi connectivity index (χ3v) is 4.80. The Labute approximate surface area is 131 Å². The lowest BCUT2D eigenvalue weighted by Crippen LogP contribution is -2.43. The molecule has 0 aliphatic heterocycles. The standard InChI is InChI=1S/C18H24FNO2/c1-12-4-3-5-16(13(12)2)20-18(22)11-10-17(21)14-6-8-15(19)9-7-14/h6-9,12-13,16H,3-5,10-11H2,1-2H3,(H,20,22)/t12-,13-,16+/m1/s1. The van der Waals surface area contributed by atoms with Gasteiger partial charge in [0.05, 0.1) is 0 Å². The van der Waals surface area contributed by atoms with E-state index in [1.165, 1.54) is 30.7 Å². The van der Waals surface area contributed by atoms with Crippen LogP contribution in [0.4, 0.5) is 4.39 Å². The molecular formula is C18H24FNO2. The number of hydrogen-bond acceptors (Lipinski definition) is 2. The highest BCUT2D eigenvalue weighted by Crippen LogP contribution is 2.29. The zero-order valence-corrected chi connectivity index (χ0v) is 13.3. The topological polar surface area (TPSA) is 46.2 Å². The molecule has 1 amide bonds. The first-order valence-corrected chi connectivity index (χ1v) is 8.05. The van der Waals surface area contributed by atoms with Gasteiger partial charge < -0.3 is 5.32 Å². The first kappa shape index (κ1) is 16.7. The van der Waals surface area contributed by atoms with Gasteiger partial charge in [0, 0.05) is 24.4 Å². The summed E-state index contributed by atoms with van der Waals surface area (Å²) in [6.45, 7) is 4.40. The summed E-state index contributed by atoms with van der Waals surface area (Å²) >= 11 is 0. The third-order valence-electron chi connectivity index (χ3n) is 4.80. The second-order valence-corrected chi connectivity index (χ2v) is 6.37. The fourth-order valence-electron chi connectivity index (χ4n) is 3.07. The Kier molecular flexibility index (Phi) is 5.69. The van der Waals surface area contributed by atoms with Gasteiger partial charge in [-0.3, -0.25) is 9.59 Å². The van der Waals surface area contributed by atoms with Crippen molar-refractivity contribution in [3.63, 3.8) is 0 Å². The van der Waals surface area contributed by atoms with E-state index in [1.54, 1.807) is 0 Å². The molecule has 0 aromatic heterocycles. The summed E-state index contributed by atoms with van der Waals surface area (Å²) in [4.78, 5) is 24.0. The van der Waals surface area contributed by atoms with Gasteiger partial charge in [-0.2, -0.15) is 0 Å². The summed E-state index contributed by atoms with van der Waals surface area (Å²) in [5.74, 6) is 0.543. The normalized spacial score (nSPS) is 24.8. The van der Waals surface area contributed by atoms with Gasteiger partial charge in [0.15, 0.2) is 5.78 Å². The van der Waals surface area contributed by atoms with Crippen LogP contribution in [-0.2, 0) is 4.79 Å². The molecule has 0 heterocycles. The monoisotopic (exact) mass is 305 g/mol. The molecule has 1 fully saturated rings. The number of halogens is 1. The minimum Gasteiger partial charge on any atom is -0.353 e. The van der Waals surface area contributed by atoms with Crippen LogP contribution in [0.5, 0.6) is 0 Å². The molecule has 1 aliphatic rings. The summed E-state index contributed by atoms with van der Waals surface area (Å²) in [5, 5.41) is 3.06. The summed E-state index contributed by atoms with van der Waals surface area (Å²) in [7, 11) is 0. The third kappa shape index (κ3) is 4.39. The Morgan fingerprint density at radius 1 is 1.14 bits per heavy atom. The maximum Gasteiger partial charge on any atom is 0.220 e. The van der Waals surface area contributed by atoms with E-state index in [9.17, 15) is 14.0 Å². The second-order valence-electron chi connectivity index (χ2n) is 6.37. The number of Topliss-reactive ketones (excluding diaryl/α,β-unsaturated/α-hetero) is 1. The Morgan fingerprint density at radius 3 is 2.50 bits per heavy atom. The molecule has 0 spiro atoms. The molecule has 1 saturated carbocycles. The van der Waals surface area contributed by atoms with Gasteiger partial charge >= 0.3 is 0 Å². The molecule has 3 nitrogen and oxygen atoms in total. The molecule has 22 heavy (non-hydrogen) atoms. The van der Waals surface area contributed by atoms with E-state index in [4.69, 9.17) is 0 Å². The maximum atomic E-state index is 12.8. The van der Waals surface area contributed by atoms with E-state index in [0.717, 1.165) is 12.8 Å². The van der Waals surface area contributed by atoms with E-state index in [1.807, 2.05) is 0 Å². The smallest absolute Gasteiger partial charge is 0.220 e. The van der Waals surface area contributed by atoms with E-state index >= 15 is 0 Å². The molecule has 1 aromatic carbocycles. The van der Waals surface area contributed by atoms with Crippen LogP contribution in [0.15, 0.2) is 24.3 Å². The van der Waals surface area contributed by atoms with Gasteiger partial charge in [0.25, 0.3) is 0 Å². The van der Waals surface area contributed by atoms with Crippen LogP contribution in [0, 0.1) is 17.7 Å². The molecule has 1 aromatic rings. The van der Waals surface area contributed by atoms with Crippen molar-refractivity contribution in [2.24, 2.45) is 11.8 Å². The van der Waals surface area contributed by atoms with Crippen LogP contribution in [0.1, 0.15) is 56.3 Å². The molecular weight excluding hydrogens is 281 g/mol. The molecule has 3 atom stereocenters. The number of amides is 1. The van der Waals surface area contributed by atoms with Gasteiger partial charge in [-0.25, -0.2) is 4.39 Å². The van der Waals surface area contributed by atoms with Crippen molar-refractivity contribution in [1.29, 1.82) is 0 Å². The minimum atomic E-state index is -0.366. The van der Waals surface area contributed by atoms with Crippen LogP contribution < -0.4 is 5.32 Å². The summed E-state index contributed by atoms with van der Waals surface area (Å²) in [6.07, 6.45) is 3.73. The summed E-state index contributed by atoms with van der Waals surface area (Å²) in [5.41, 5.74) is 0.453. The molecule has 0 saturated heterocycles. The van der Waals surface area contributed by atoms with Crippen LogP contribution in [0.25, 0.3) is 0 Å². The van der Waals surface area contributed by atoms with Crippen LogP contribution in [0.2, 0.25) is 0 Å². The SMILES string of the molecule is C[C@@H]1[C@H](C)CCC[C@@H]1NC(=O)CCC(=O)c1ccc(F)cc1. The van der Waals surface area contributed by atoms with E-state index in [0.29, 0.717) is 17.4 Å². The average Bonchev–Trinajstić information content (AvgIpc) is 2.50. The van der Waals surface area contributed by atoms with E-state index in [-0.39, 0.29) is 36.4 Å². The van der Waals surface area contributed by atoms with Crippen molar-refractivity contribution in [3.8, 4) is 0 Å². The number of rotatable bonds is 5. The molecule has 1 aliphatic carbocycles. The lowest BCUT2D eigenvalue weighted by atomic mass is 9.78. The van der Waals surface area contributed by atoms with Gasteiger partial charge in [-0.1, -0.05) is 26.7 Å². The van der Waals surface area contributed by atoms with Crippen LogP contribution >= 0.6 is 0 Å². The number of ketones is 1. The summed E-state index contributed by atoms with van der Waals surface area (Å²) in [6, 6.07) is 5.66. The molecule has 0 bridgehead atoms. The molecule has 2 rings (SSSR count). The first-order valence-electron chi connectivity index (χ1n) is 8.05. The van der Waals surface area contributed by atoms with Crippen molar-refractivity contribution in [2.45, 2.75) is 52.0 Å². The van der Waals surface area contributed by atoms with Crippen LogP contribution in [-0.4, -0.2) is 17.7 Å². The zero-order chi connectivity index (χ0) is 16.1. The Balaban J connectivity index is 1.80.